The fraction of sp³-hybridized carbons (Fsp3) is 0.444. The van der Waals surface area contributed by atoms with Crippen LogP contribution < -0.4 is 10.6 Å². The molecule has 1 atom stereocenters. The molecule has 3 aromatic rings. The lowest BCUT2D eigenvalue weighted by atomic mass is 9.86. The minimum absolute atomic E-state index is 0.199. The molecule has 0 aliphatic heterocycles. The quantitative estimate of drug-likeness (QED) is 0.328. The maximum atomic E-state index is 12.3. The second-order valence-corrected chi connectivity index (χ2v) is 11.5. The zero-order valence-electron chi connectivity index (χ0n) is 26.4. The molecular weight excluding hydrogens is 479 g/mol. The smallest absolute Gasteiger partial charge is 0.102 e. The summed E-state index contributed by atoms with van der Waals surface area (Å²) in [5, 5.41) is 0. The van der Waals surface area contributed by atoms with E-state index in [1.54, 1.807) is 6.20 Å². The molecule has 0 heterocycles. The molecule has 214 valence electrons. The molecule has 0 aliphatic carbocycles. The van der Waals surface area contributed by atoms with Gasteiger partial charge in [0.15, 0.2) is 0 Å². The highest BCUT2D eigenvalue weighted by atomic mass is 19.1. The van der Waals surface area contributed by atoms with Crippen LogP contribution in [0.3, 0.4) is 0 Å². The van der Waals surface area contributed by atoms with E-state index < -0.39 is 6.17 Å². The number of nitrogens with two attached hydrogens (primary N) is 1. The van der Waals surface area contributed by atoms with E-state index >= 15 is 0 Å². The van der Waals surface area contributed by atoms with Gasteiger partial charge in [0, 0.05) is 30.1 Å². The van der Waals surface area contributed by atoms with Gasteiger partial charge in [-0.25, -0.2) is 4.39 Å². The van der Waals surface area contributed by atoms with Crippen molar-refractivity contribution in [1.29, 1.82) is 0 Å². The summed E-state index contributed by atoms with van der Waals surface area (Å²) in [6.07, 6.45) is 2.82. The third-order valence-electron chi connectivity index (χ3n) is 6.61. The van der Waals surface area contributed by atoms with Gasteiger partial charge in [-0.3, -0.25) is 0 Å². The molecule has 0 spiro atoms. The summed E-state index contributed by atoms with van der Waals surface area (Å²) < 4.78 is 12.3. The van der Waals surface area contributed by atoms with Crippen molar-refractivity contribution in [2.24, 2.45) is 17.1 Å². The van der Waals surface area contributed by atoms with Gasteiger partial charge in [0.1, 0.15) is 6.17 Å². The number of hydrogen-bond donors (Lipinski definition) is 1. The van der Waals surface area contributed by atoms with Gasteiger partial charge in [0.25, 0.3) is 0 Å². The first-order chi connectivity index (χ1) is 18.4. The van der Waals surface area contributed by atoms with Gasteiger partial charge in [0.05, 0.1) is 5.70 Å². The van der Waals surface area contributed by atoms with E-state index in [2.05, 4.69) is 113 Å². The maximum Gasteiger partial charge on any atom is 0.102 e. The Hall–Kier alpha value is -3.07. The Labute approximate surface area is 239 Å². The largest absolute Gasteiger partial charge is 0.403 e. The van der Waals surface area contributed by atoms with Crippen LogP contribution >= 0.6 is 0 Å². The van der Waals surface area contributed by atoms with Gasteiger partial charge in [0.2, 0.25) is 0 Å². The highest BCUT2D eigenvalue weighted by Crippen LogP contribution is 2.37. The van der Waals surface area contributed by atoms with Gasteiger partial charge in [-0.15, -0.1) is 0 Å². The highest BCUT2D eigenvalue weighted by molar-refractivity contribution is 5.89. The summed E-state index contributed by atoms with van der Waals surface area (Å²) >= 11 is 0. The number of anilines is 1. The van der Waals surface area contributed by atoms with Crippen molar-refractivity contribution in [3.05, 3.63) is 95.2 Å². The van der Waals surface area contributed by atoms with Crippen LogP contribution in [0.25, 0.3) is 16.8 Å². The Balaban J connectivity index is 0.000000735. The van der Waals surface area contributed by atoms with E-state index in [0.717, 1.165) is 17.8 Å². The molecule has 0 radical (unpaired) electrons. The lowest BCUT2D eigenvalue weighted by Crippen LogP contribution is -2.19. The van der Waals surface area contributed by atoms with Gasteiger partial charge >= 0.3 is 0 Å². The van der Waals surface area contributed by atoms with Crippen molar-refractivity contribution < 1.29 is 4.39 Å². The first kappa shape index (κ1) is 34.0. The molecule has 3 rings (SSSR count). The summed E-state index contributed by atoms with van der Waals surface area (Å²) in [5.74, 6) is 0.199. The van der Waals surface area contributed by atoms with Crippen molar-refractivity contribution in [3.63, 3.8) is 0 Å². The molecular formula is C36H53FN2. The van der Waals surface area contributed by atoms with Gasteiger partial charge in [-0.2, -0.15) is 0 Å². The van der Waals surface area contributed by atoms with E-state index in [9.17, 15) is 4.39 Å². The van der Waals surface area contributed by atoms with Crippen LogP contribution in [-0.2, 0) is 6.42 Å². The molecule has 0 saturated carbocycles. The maximum absolute atomic E-state index is 12.3. The molecule has 3 aromatic carbocycles. The minimum atomic E-state index is -0.597. The topological polar surface area (TPSA) is 29.3 Å². The number of alkyl halides is 1. The molecule has 2 nitrogen and oxygen atoms in total. The fourth-order valence-corrected chi connectivity index (χ4v) is 4.63. The number of benzene rings is 3. The van der Waals surface area contributed by atoms with Crippen LogP contribution in [0.5, 0.6) is 0 Å². The number of aryl methyl sites for hydroxylation is 2. The first-order valence-corrected chi connectivity index (χ1v) is 14.4. The predicted octanol–water partition coefficient (Wildman–Crippen LogP) is 10.4. The summed E-state index contributed by atoms with van der Waals surface area (Å²) in [6, 6.07) is 23.8. The molecule has 0 unspecified atom stereocenters. The van der Waals surface area contributed by atoms with Crippen molar-refractivity contribution in [3.8, 4) is 11.1 Å². The van der Waals surface area contributed by atoms with E-state index in [4.69, 9.17) is 5.73 Å². The van der Waals surface area contributed by atoms with Gasteiger partial charge in [-0.1, -0.05) is 110 Å². The van der Waals surface area contributed by atoms with Gasteiger partial charge in [-0.05, 0) is 72.4 Å². The Morgan fingerprint density at radius 3 is 1.92 bits per heavy atom. The van der Waals surface area contributed by atoms with Crippen molar-refractivity contribution in [2.45, 2.75) is 88.3 Å². The molecule has 0 aliphatic rings. The molecule has 2 N–H and O–H groups in total. The molecule has 0 saturated heterocycles. The Bertz CT molecular complexity index is 1140. The third kappa shape index (κ3) is 10.2. The van der Waals surface area contributed by atoms with Crippen LogP contribution in [0.15, 0.2) is 72.9 Å². The number of hydrogen-bond acceptors (Lipinski definition) is 2. The molecule has 0 amide bonds. The molecule has 3 heteroatoms. The lowest BCUT2D eigenvalue weighted by Gasteiger charge is -2.28. The van der Waals surface area contributed by atoms with E-state index in [1.165, 1.54) is 33.4 Å². The first-order valence-electron chi connectivity index (χ1n) is 14.4. The average molecular weight is 533 g/mol. The highest BCUT2D eigenvalue weighted by Gasteiger charge is 2.19. The number of rotatable bonds is 7. The fourth-order valence-electron chi connectivity index (χ4n) is 4.63. The van der Waals surface area contributed by atoms with E-state index in [1.807, 2.05) is 34.6 Å². The summed E-state index contributed by atoms with van der Waals surface area (Å²) in [7, 11) is 2.11. The monoisotopic (exact) mass is 532 g/mol. The predicted molar refractivity (Wildman–Crippen MR) is 173 cm³/mol. The van der Waals surface area contributed by atoms with E-state index in [0.29, 0.717) is 6.42 Å². The standard InChI is InChI=1S/C28H34N2.C6H13F.C2H6/c1-20-11-10-12-21(2)27(20)26(19-29)30(6)25-16-15-22(18-28(3,4)5)17-24(25)23-13-8-7-9-14-23;1-4-6(7)5(2)3;1-2/h7-17,19H,18,29H2,1-6H3;5-6H,4H2,1-3H3;1-2H3/b26-19-;;/t;6-;/m.0./s1. The minimum Gasteiger partial charge on any atom is -0.403 e. The summed E-state index contributed by atoms with van der Waals surface area (Å²) in [6.45, 7) is 20.8. The SMILES string of the molecule is CC.CC[C@H](F)C(C)C.Cc1cccc(C)c1/C(=C/N)N(C)c1ccc(CC(C)(C)C)cc1-c1ccccc1. The zero-order valence-corrected chi connectivity index (χ0v) is 26.4. The van der Waals surface area contributed by atoms with Crippen LogP contribution in [0, 0.1) is 25.2 Å². The Morgan fingerprint density at radius 1 is 0.923 bits per heavy atom. The second kappa shape index (κ2) is 16.1. The lowest BCUT2D eigenvalue weighted by molar-refractivity contribution is 0.248. The van der Waals surface area contributed by atoms with Crippen LogP contribution in [0.4, 0.5) is 10.1 Å². The normalized spacial score (nSPS) is 12.2. The number of halogens is 1. The third-order valence-corrected chi connectivity index (χ3v) is 6.61. The van der Waals surface area contributed by atoms with Crippen molar-refractivity contribution in [1.82, 2.24) is 0 Å². The van der Waals surface area contributed by atoms with Crippen molar-refractivity contribution in [2.75, 3.05) is 11.9 Å². The number of nitrogens with zero attached hydrogens (tertiary/aromatic N) is 1. The van der Waals surface area contributed by atoms with Crippen LogP contribution in [-0.4, -0.2) is 13.2 Å². The van der Waals surface area contributed by atoms with Crippen LogP contribution in [0.2, 0.25) is 0 Å². The molecule has 0 fully saturated rings. The molecule has 0 bridgehead atoms. The van der Waals surface area contributed by atoms with Crippen LogP contribution in [0.1, 0.15) is 84.1 Å². The van der Waals surface area contributed by atoms with Gasteiger partial charge < -0.3 is 10.6 Å². The zero-order chi connectivity index (χ0) is 29.8. The van der Waals surface area contributed by atoms with E-state index in [-0.39, 0.29) is 11.3 Å². The molecule has 39 heavy (non-hydrogen) atoms. The summed E-state index contributed by atoms with van der Waals surface area (Å²) in [4.78, 5) is 2.22. The summed E-state index contributed by atoms with van der Waals surface area (Å²) in [5.41, 5.74) is 16.0. The Kier molecular flexibility index (Phi) is 14.0. The molecule has 0 aromatic heterocycles. The average Bonchev–Trinajstić information content (AvgIpc) is 2.91. The van der Waals surface area contributed by atoms with Crippen molar-refractivity contribution >= 4 is 11.4 Å². The Morgan fingerprint density at radius 2 is 1.49 bits per heavy atom. The second-order valence-electron chi connectivity index (χ2n) is 11.5.